The predicted octanol–water partition coefficient (Wildman–Crippen LogP) is 4.07. The molecule has 3 aromatic rings. The number of ether oxygens (including phenoxy) is 2. The van der Waals surface area contributed by atoms with Crippen molar-refractivity contribution in [2.45, 2.75) is 19.3 Å². The molecule has 0 amide bonds. The number of fused-ring (bicyclic) bond motifs is 3. The van der Waals surface area contributed by atoms with Crippen molar-refractivity contribution in [2.75, 3.05) is 34.4 Å². The summed E-state index contributed by atoms with van der Waals surface area (Å²) in [6.45, 7) is 1.76. The number of rotatable bonds is 8. The highest BCUT2D eigenvalue weighted by Crippen LogP contribution is 2.28. The zero-order valence-electron chi connectivity index (χ0n) is 15.6. The van der Waals surface area contributed by atoms with Gasteiger partial charge in [-0.15, -0.1) is 0 Å². The van der Waals surface area contributed by atoms with Gasteiger partial charge < -0.3 is 18.8 Å². The van der Waals surface area contributed by atoms with Gasteiger partial charge in [0.15, 0.2) is 0 Å². The number of unbranched alkanes of at least 4 members (excludes halogenated alkanes) is 2. The van der Waals surface area contributed by atoms with E-state index >= 15 is 0 Å². The molecule has 0 N–H and O–H groups in total. The van der Waals surface area contributed by atoms with Gasteiger partial charge in [-0.2, -0.15) is 0 Å². The number of methoxy groups -OCH3 is 1. The highest BCUT2D eigenvalue weighted by molar-refractivity contribution is 6.04. The van der Waals surface area contributed by atoms with Gasteiger partial charge in [-0.25, -0.2) is 4.79 Å². The first-order valence-corrected chi connectivity index (χ1v) is 8.90. The molecule has 2 aromatic carbocycles. The average molecular weight is 355 g/mol. The lowest BCUT2D eigenvalue weighted by atomic mass is 10.1. The molecule has 1 aromatic heterocycles. The van der Waals surface area contributed by atoms with E-state index in [0.717, 1.165) is 35.9 Å². The van der Waals surface area contributed by atoms with E-state index in [1.807, 2.05) is 24.3 Å². The molecular weight excluding hydrogens is 330 g/mol. The summed E-state index contributed by atoms with van der Waals surface area (Å²) in [4.78, 5) is 14.5. The second kappa shape index (κ2) is 8.23. The third-order valence-corrected chi connectivity index (χ3v) is 4.41. The van der Waals surface area contributed by atoms with E-state index in [2.05, 4.69) is 19.0 Å². The van der Waals surface area contributed by atoms with E-state index in [1.165, 1.54) is 6.42 Å². The van der Waals surface area contributed by atoms with Crippen LogP contribution in [0.3, 0.4) is 0 Å². The van der Waals surface area contributed by atoms with Crippen molar-refractivity contribution in [3.8, 4) is 11.5 Å². The Hall–Kier alpha value is -2.53. The van der Waals surface area contributed by atoms with Gasteiger partial charge >= 0.3 is 5.63 Å². The van der Waals surface area contributed by atoms with E-state index in [0.29, 0.717) is 23.3 Å². The highest BCUT2D eigenvalue weighted by atomic mass is 16.5. The Balaban J connectivity index is 1.75. The van der Waals surface area contributed by atoms with E-state index < -0.39 is 0 Å². The molecule has 0 aliphatic heterocycles. The first-order valence-electron chi connectivity index (χ1n) is 8.90. The fraction of sp³-hybridized carbons (Fsp3) is 0.381. The molecule has 0 aliphatic carbocycles. The van der Waals surface area contributed by atoms with Crippen LogP contribution in [-0.4, -0.2) is 39.3 Å². The molecule has 5 nitrogen and oxygen atoms in total. The molecule has 0 aliphatic rings. The smallest absolute Gasteiger partial charge is 0.344 e. The van der Waals surface area contributed by atoms with Crippen LogP contribution in [0.25, 0.3) is 21.7 Å². The lowest BCUT2D eigenvalue weighted by Crippen LogP contribution is -2.13. The van der Waals surface area contributed by atoms with Crippen molar-refractivity contribution in [2.24, 2.45) is 0 Å². The van der Waals surface area contributed by atoms with E-state index in [4.69, 9.17) is 13.9 Å². The Morgan fingerprint density at radius 2 is 1.69 bits per heavy atom. The minimum absolute atomic E-state index is 0.368. The third-order valence-electron chi connectivity index (χ3n) is 4.41. The largest absolute Gasteiger partial charge is 0.497 e. The van der Waals surface area contributed by atoms with Gasteiger partial charge in [-0.05, 0) is 70.2 Å². The van der Waals surface area contributed by atoms with E-state index in [-0.39, 0.29) is 5.63 Å². The topological polar surface area (TPSA) is 51.9 Å². The van der Waals surface area contributed by atoms with Crippen molar-refractivity contribution in [3.05, 3.63) is 46.8 Å². The van der Waals surface area contributed by atoms with Gasteiger partial charge in [0.1, 0.15) is 17.1 Å². The minimum atomic E-state index is -0.368. The van der Waals surface area contributed by atoms with Crippen LogP contribution >= 0.6 is 0 Å². The molecule has 3 rings (SSSR count). The molecule has 0 fully saturated rings. The SMILES string of the molecule is COc1ccc2c(c1)c(=O)oc1cc(OCCCCCN(C)C)ccc12. The van der Waals surface area contributed by atoms with Crippen LogP contribution in [0.4, 0.5) is 0 Å². The molecule has 26 heavy (non-hydrogen) atoms. The maximum atomic E-state index is 12.3. The summed E-state index contributed by atoms with van der Waals surface area (Å²) in [7, 11) is 5.74. The van der Waals surface area contributed by atoms with Crippen LogP contribution in [-0.2, 0) is 0 Å². The van der Waals surface area contributed by atoms with Gasteiger partial charge in [0.25, 0.3) is 0 Å². The monoisotopic (exact) mass is 355 g/mol. The molecule has 0 radical (unpaired) electrons. The van der Waals surface area contributed by atoms with Gasteiger partial charge in [0.2, 0.25) is 0 Å². The lowest BCUT2D eigenvalue weighted by Gasteiger charge is -2.10. The van der Waals surface area contributed by atoms with Crippen molar-refractivity contribution >= 4 is 21.7 Å². The quantitative estimate of drug-likeness (QED) is 0.346. The normalized spacial score (nSPS) is 11.4. The second-order valence-corrected chi connectivity index (χ2v) is 6.67. The molecule has 1 heterocycles. The summed E-state index contributed by atoms with van der Waals surface area (Å²) in [5.41, 5.74) is 0.171. The minimum Gasteiger partial charge on any atom is -0.497 e. The van der Waals surface area contributed by atoms with Gasteiger partial charge in [-0.1, -0.05) is 0 Å². The molecule has 0 spiro atoms. The zero-order chi connectivity index (χ0) is 18.5. The van der Waals surface area contributed by atoms with Gasteiger partial charge in [-0.3, -0.25) is 0 Å². The Kier molecular flexibility index (Phi) is 5.78. The van der Waals surface area contributed by atoms with E-state index in [9.17, 15) is 4.79 Å². The lowest BCUT2D eigenvalue weighted by molar-refractivity contribution is 0.299. The molecular formula is C21H25NO4. The third kappa shape index (κ3) is 4.17. The fourth-order valence-corrected chi connectivity index (χ4v) is 3.01. The van der Waals surface area contributed by atoms with Crippen LogP contribution < -0.4 is 15.1 Å². The first kappa shape index (κ1) is 18.3. The van der Waals surface area contributed by atoms with Crippen LogP contribution in [0.2, 0.25) is 0 Å². The number of benzene rings is 2. The van der Waals surface area contributed by atoms with Crippen LogP contribution in [0.1, 0.15) is 19.3 Å². The molecule has 0 saturated carbocycles. The number of nitrogens with zero attached hydrogens (tertiary/aromatic N) is 1. The molecule has 0 unspecified atom stereocenters. The number of hydrogen-bond donors (Lipinski definition) is 0. The summed E-state index contributed by atoms with van der Waals surface area (Å²) in [5, 5.41) is 2.26. The maximum Gasteiger partial charge on any atom is 0.344 e. The molecule has 138 valence electrons. The number of hydrogen-bond acceptors (Lipinski definition) is 5. The fourth-order valence-electron chi connectivity index (χ4n) is 3.01. The van der Waals surface area contributed by atoms with Crippen molar-refractivity contribution < 1.29 is 13.9 Å². The zero-order valence-corrected chi connectivity index (χ0v) is 15.6. The van der Waals surface area contributed by atoms with Crippen molar-refractivity contribution in [1.82, 2.24) is 4.90 Å². The highest BCUT2D eigenvalue weighted by Gasteiger charge is 2.09. The van der Waals surface area contributed by atoms with Crippen molar-refractivity contribution in [1.29, 1.82) is 0 Å². The summed E-state index contributed by atoms with van der Waals surface area (Å²) < 4.78 is 16.5. The molecule has 5 heteroatoms. The van der Waals surface area contributed by atoms with Gasteiger partial charge in [0, 0.05) is 16.8 Å². The van der Waals surface area contributed by atoms with Crippen LogP contribution in [0, 0.1) is 0 Å². The molecule has 0 saturated heterocycles. The average Bonchev–Trinajstić information content (AvgIpc) is 2.64. The summed E-state index contributed by atoms with van der Waals surface area (Å²) >= 11 is 0. The predicted molar refractivity (Wildman–Crippen MR) is 104 cm³/mol. The Bertz CT molecular complexity index is 946. The Morgan fingerprint density at radius 1 is 0.923 bits per heavy atom. The summed E-state index contributed by atoms with van der Waals surface area (Å²) in [6.07, 6.45) is 3.30. The second-order valence-electron chi connectivity index (χ2n) is 6.67. The maximum absolute atomic E-state index is 12.3. The van der Waals surface area contributed by atoms with Gasteiger partial charge in [0.05, 0.1) is 19.1 Å². The van der Waals surface area contributed by atoms with E-state index in [1.54, 1.807) is 19.2 Å². The standard InChI is InChI=1S/C21H25NO4/c1-22(2)11-5-4-6-12-25-16-8-10-18-17-9-7-15(24-3)13-19(17)21(23)26-20(18)14-16/h7-10,13-14H,4-6,11-12H2,1-3H3. The first-order chi connectivity index (χ1) is 12.6. The summed E-state index contributed by atoms with van der Waals surface area (Å²) in [5.74, 6) is 1.36. The van der Waals surface area contributed by atoms with Crippen LogP contribution in [0.5, 0.6) is 11.5 Å². The summed E-state index contributed by atoms with van der Waals surface area (Å²) in [6, 6.07) is 11.1. The van der Waals surface area contributed by atoms with Crippen molar-refractivity contribution in [3.63, 3.8) is 0 Å². The molecule has 0 atom stereocenters. The van der Waals surface area contributed by atoms with Crippen LogP contribution in [0.15, 0.2) is 45.6 Å². The Morgan fingerprint density at radius 3 is 2.46 bits per heavy atom. The molecule has 0 bridgehead atoms. The Labute approximate surface area is 153 Å².